The third-order valence-electron chi connectivity index (χ3n) is 3.88. The van der Waals surface area contributed by atoms with Gasteiger partial charge in [-0.25, -0.2) is 13.1 Å². The second-order valence-corrected chi connectivity index (χ2v) is 10.0. The Hall–Kier alpha value is 0.0900. The third-order valence-corrected chi connectivity index (χ3v) is 7.09. The number of halogens is 1. The van der Waals surface area contributed by atoms with Gasteiger partial charge in [-0.1, -0.05) is 26.2 Å². The molecule has 2 rings (SSSR count). The minimum Gasteiger partial charge on any atom is -0.211 e. The second-order valence-electron chi connectivity index (χ2n) is 5.67. The van der Waals surface area contributed by atoms with Gasteiger partial charge in [-0.05, 0) is 47.2 Å². The molecule has 6 heteroatoms. The highest BCUT2D eigenvalue weighted by Gasteiger charge is 2.29. The van der Waals surface area contributed by atoms with E-state index in [9.17, 15) is 8.42 Å². The highest BCUT2D eigenvalue weighted by Crippen LogP contribution is 2.36. The Bertz CT molecular complexity index is 545. The van der Waals surface area contributed by atoms with Gasteiger partial charge < -0.3 is 0 Å². The molecule has 1 aromatic rings. The zero-order valence-electron chi connectivity index (χ0n) is 11.3. The van der Waals surface area contributed by atoms with E-state index in [0.29, 0.717) is 11.4 Å². The van der Waals surface area contributed by atoms with E-state index in [1.54, 1.807) is 6.07 Å². The van der Waals surface area contributed by atoms with E-state index in [1.165, 1.54) is 30.6 Å². The van der Waals surface area contributed by atoms with Gasteiger partial charge in [0.15, 0.2) is 0 Å². The van der Waals surface area contributed by atoms with Crippen LogP contribution in [-0.4, -0.2) is 15.0 Å². The Labute approximate surface area is 128 Å². The van der Waals surface area contributed by atoms with E-state index in [-0.39, 0.29) is 5.41 Å². The average Bonchev–Trinajstić information content (AvgIpc) is 2.68. The van der Waals surface area contributed by atoms with Crippen LogP contribution in [-0.2, 0) is 10.0 Å². The van der Waals surface area contributed by atoms with Gasteiger partial charge in [-0.15, -0.1) is 11.3 Å². The standard InChI is InChI=1S/C13H20BrNO2S2/c1-10-11(8-12(14)18-10)19(16,17)15-9-13(2)6-4-3-5-7-13/h8,15H,3-7,9H2,1-2H3. The van der Waals surface area contributed by atoms with Crippen LogP contribution in [0.5, 0.6) is 0 Å². The zero-order chi connectivity index (χ0) is 14.1. The molecular formula is C13H20BrNO2S2. The average molecular weight is 366 g/mol. The molecule has 0 atom stereocenters. The van der Waals surface area contributed by atoms with Crippen molar-refractivity contribution in [3.8, 4) is 0 Å². The first-order valence-electron chi connectivity index (χ1n) is 6.58. The summed E-state index contributed by atoms with van der Waals surface area (Å²) >= 11 is 4.79. The Balaban J connectivity index is 2.07. The van der Waals surface area contributed by atoms with Crippen LogP contribution >= 0.6 is 27.3 Å². The van der Waals surface area contributed by atoms with Crippen molar-refractivity contribution in [1.82, 2.24) is 4.72 Å². The van der Waals surface area contributed by atoms with Crippen molar-refractivity contribution >= 4 is 37.3 Å². The number of hydrogen-bond acceptors (Lipinski definition) is 3. The fraction of sp³-hybridized carbons (Fsp3) is 0.692. The molecule has 108 valence electrons. The van der Waals surface area contributed by atoms with E-state index in [4.69, 9.17) is 0 Å². The molecule has 19 heavy (non-hydrogen) atoms. The van der Waals surface area contributed by atoms with Crippen LogP contribution in [0.25, 0.3) is 0 Å². The number of rotatable bonds is 4. The first-order valence-corrected chi connectivity index (χ1v) is 9.67. The summed E-state index contributed by atoms with van der Waals surface area (Å²) in [6.45, 7) is 4.57. The number of hydrogen-bond donors (Lipinski definition) is 1. The van der Waals surface area contributed by atoms with E-state index in [2.05, 4.69) is 27.6 Å². The maximum Gasteiger partial charge on any atom is 0.241 e. The van der Waals surface area contributed by atoms with E-state index >= 15 is 0 Å². The molecule has 3 nitrogen and oxygen atoms in total. The minimum atomic E-state index is -3.38. The molecule has 1 aliphatic rings. The lowest BCUT2D eigenvalue weighted by molar-refractivity contribution is 0.219. The molecule has 1 heterocycles. The number of thiophene rings is 1. The Morgan fingerprint density at radius 1 is 1.37 bits per heavy atom. The Kier molecular flexibility index (Phi) is 4.75. The smallest absolute Gasteiger partial charge is 0.211 e. The summed E-state index contributed by atoms with van der Waals surface area (Å²) in [4.78, 5) is 1.23. The predicted octanol–water partition coefficient (Wildman–Crippen LogP) is 4.07. The van der Waals surface area contributed by atoms with E-state index in [0.717, 1.165) is 21.5 Å². The molecule has 1 fully saturated rings. The van der Waals surface area contributed by atoms with Crippen molar-refractivity contribution in [3.63, 3.8) is 0 Å². The van der Waals surface area contributed by atoms with Gasteiger partial charge in [0.1, 0.15) is 0 Å². The molecule has 0 aliphatic heterocycles. The van der Waals surface area contributed by atoms with E-state index in [1.807, 2.05) is 6.92 Å². The van der Waals surface area contributed by atoms with Gasteiger partial charge in [-0.3, -0.25) is 0 Å². The molecule has 1 N–H and O–H groups in total. The minimum absolute atomic E-state index is 0.118. The molecule has 0 aromatic carbocycles. The molecule has 0 unspecified atom stereocenters. The van der Waals surface area contributed by atoms with Gasteiger partial charge in [0.25, 0.3) is 0 Å². The van der Waals surface area contributed by atoms with Crippen LogP contribution in [0.2, 0.25) is 0 Å². The van der Waals surface area contributed by atoms with Crippen LogP contribution in [0.1, 0.15) is 43.9 Å². The van der Waals surface area contributed by atoms with Crippen LogP contribution < -0.4 is 4.72 Å². The first kappa shape index (κ1) is 15.5. The molecule has 0 radical (unpaired) electrons. The van der Waals surface area contributed by atoms with Gasteiger partial charge in [0.2, 0.25) is 10.0 Å². The molecule has 0 spiro atoms. The Morgan fingerprint density at radius 2 is 2.00 bits per heavy atom. The van der Waals surface area contributed by atoms with Crippen molar-refractivity contribution in [2.45, 2.75) is 50.8 Å². The molecule has 0 saturated heterocycles. The second kappa shape index (κ2) is 5.84. The summed E-state index contributed by atoms with van der Waals surface area (Å²) in [5.74, 6) is 0. The lowest BCUT2D eigenvalue weighted by Gasteiger charge is -2.33. The van der Waals surface area contributed by atoms with Gasteiger partial charge in [0, 0.05) is 11.4 Å². The van der Waals surface area contributed by atoms with E-state index < -0.39 is 10.0 Å². The van der Waals surface area contributed by atoms with Crippen LogP contribution in [0.4, 0.5) is 0 Å². The number of nitrogens with one attached hydrogen (secondary N) is 1. The van der Waals surface area contributed by atoms with Crippen molar-refractivity contribution in [3.05, 3.63) is 14.7 Å². The molecule has 1 aromatic heterocycles. The fourth-order valence-electron chi connectivity index (χ4n) is 2.63. The summed E-state index contributed by atoms with van der Waals surface area (Å²) in [5, 5.41) is 0. The maximum atomic E-state index is 12.3. The first-order chi connectivity index (χ1) is 8.82. The Morgan fingerprint density at radius 3 is 2.53 bits per heavy atom. The van der Waals surface area contributed by atoms with Crippen molar-refractivity contribution in [2.24, 2.45) is 5.41 Å². The van der Waals surface area contributed by atoms with Crippen molar-refractivity contribution in [1.29, 1.82) is 0 Å². The molecule has 1 saturated carbocycles. The van der Waals surface area contributed by atoms with Gasteiger partial charge >= 0.3 is 0 Å². The summed E-state index contributed by atoms with van der Waals surface area (Å²) in [6, 6.07) is 1.69. The van der Waals surface area contributed by atoms with Crippen LogP contribution in [0.15, 0.2) is 14.7 Å². The highest BCUT2D eigenvalue weighted by molar-refractivity contribution is 9.11. The summed E-state index contributed by atoms with van der Waals surface area (Å²) in [6.07, 6.45) is 5.92. The normalized spacial score (nSPS) is 19.5. The third kappa shape index (κ3) is 3.80. The van der Waals surface area contributed by atoms with Crippen molar-refractivity contribution in [2.75, 3.05) is 6.54 Å². The molecule has 0 amide bonds. The molecular weight excluding hydrogens is 346 g/mol. The van der Waals surface area contributed by atoms with Crippen LogP contribution in [0.3, 0.4) is 0 Å². The lowest BCUT2D eigenvalue weighted by Crippen LogP contribution is -2.37. The summed E-state index contributed by atoms with van der Waals surface area (Å²) in [7, 11) is -3.38. The summed E-state index contributed by atoms with van der Waals surface area (Å²) in [5.41, 5.74) is 0.118. The topological polar surface area (TPSA) is 46.2 Å². The fourth-order valence-corrected chi connectivity index (χ4v) is 6.24. The quantitative estimate of drug-likeness (QED) is 0.873. The van der Waals surface area contributed by atoms with Gasteiger partial charge in [0.05, 0.1) is 8.68 Å². The van der Waals surface area contributed by atoms with Crippen molar-refractivity contribution < 1.29 is 8.42 Å². The summed E-state index contributed by atoms with van der Waals surface area (Å²) < 4.78 is 28.3. The van der Waals surface area contributed by atoms with Crippen LogP contribution in [0, 0.1) is 12.3 Å². The molecule has 0 bridgehead atoms. The highest BCUT2D eigenvalue weighted by atomic mass is 79.9. The van der Waals surface area contributed by atoms with Gasteiger partial charge in [-0.2, -0.15) is 0 Å². The predicted molar refractivity (Wildman–Crippen MR) is 83.1 cm³/mol. The number of aryl methyl sites for hydroxylation is 1. The monoisotopic (exact) mass is 365 g/mol. The SMILES string of the molecule is Cc1sc(Br)cc1S(=O)(=O)NCC1(C)CCCCC1. The number of sulfonamides is 1. The molecule has 1 aliphatic carbocycles. The zero-order valence-corrected chi connectivity index (χ0v) is 14.5. The largest absolute Gasteiger partial charge is 0.241 e. The lowest BCUT2D eigenvalue weighted by atomic mass is 9.76. The maximum absolute atomic E-state index is 12.3.